The minimum Gasteiger partial charge on any atom is -0.481 e. The highest BCUT2D eigenvalue weighted by Gasteiger charge is 2.46. The number of amides is 2. The highest BCUT2D eigenvalue weighted by Crippen LogP contribution is 2.25. The summed E-state index contributed by atoms with van der Waals surface area (Å²) in [6, 6.07) is -1.88. The van der Waals surface area contributed by atoms with Gasteiger partial charge in [0.2, 0.25) is 11.8 Å². The molecule has 6 N–H and O–H groups in total. The molecule has 1 fully saturated rings. The number of aliphatic carboxylic acids is 1. The van der Waals surface area contributed by atoms with Gasteiger partial charge in [0.25, 0.3) is 0 Å². The summed E-state index contributed by atoms with van der Waals surface area (Å²) < 4.78 is 0. The Morgan fingerprint density at radius 2 is 1.96 bits per heavy atom. The largest absolute Gasteiger partial charge is 0.481 e. The number of carbonyl (C=O) groups is 3. The fourth-order valence-corrected chi connectivity index (χ4v) is 3.21. The highest BCUT2D eigenvalue weighted by atomic mass is 16.4. The molecule has 0 aliphatic carbocycles. The van der Waals surface area contributed by atoms with Crippen LogP contribution in [-0.4, -0.2) is 75.4 Å². The van der Waals surface area contributed by atoms with Crippen LogP contribution in [0.4, 0.5) is 0 Å². The number of nitrogens with zero attached hydrogens (tertiary/aromatic N) is 1. The van der Waals surface area contributed by atoms with Crippen molar-refractivity contribution < 1.29 is 29.7 Å². The molecule has 0 radical (unpaired) electrons. The van der Waals surface area contributed by atoms with Crippen LogP contribution in [-0.2, 0) is 14.4 Å². The van der Waals surface area contributed by atoms with E-state index in [1.165, 1.54) is 6.92 Å². The molecular weight excluding hydrogens is 354 g/mol. The van der Waals surface area contributed by atoms with E-state index < -0.39 is 42.1 Å². The molecule has 9 heteroatoms. The SMILES string of the molecule is C#CCCCCCC(=O)NC(CN)C(=O)N1CC(O)[C@H](O)C(C(=O)O)C1C. The number of carboxylic acid groups (broad SMARTS) is 1. The number of carboxylic acids is 1. The van der Waals surface area contributed by atoms with Crippen LogP contribution in [0.2, 0.25) is 0 Å². The van der Waals surface area contributed by atoms with Crippen molar-refractivity contribution in [1.29, 1.82) is 0 Å². The van der Waals surface area contributed by atoms with Crippen molar-refractivity contribution in [2.24, 2.45) is 11.7 Å². The monoisotopic (exact) mass is 383 g/mol. The molecule has 1 saturated heterocycles. The second-order valence-electron chi connectivity index (χ2n) is 6.77. The van der Waals surface area contributed by atoms with E-state index in [4.69, 9.17) is 12.2 Å². The first-order valence-electron chi connectivity index (χ1n) is 9.06. The Bertz CT molecular complexity index is 576. The van der Waals surface area contributed by atoms with Crippen molar-refractivity contribution in [1.82, 2.24) is 10.2 Å². The van der Waals surface area contributed by atoms with Gasteiger partial charge in [0.1, 0.15) is 12.0 Å². The Morgan fingerprint density at radius 3 is 2.52 bits per heavy atom. The van der Waals surface area contributed by atoms with E-state index in [-0.39, 0.29) is 25.4 Å². The third-order valence-corrected chi connectivity index (χ3v) is 4.82. The molecule has 2 amide bonds. The molecular formula is C18H29N3O6. The summed E-state index contributed by atoms with van der Waals surface area (Å²) in [6.45, 7) is 1.08. The number of β-amino-alcohol motifs (C(OH)–C–C–N with tert-alkyl or cyclic N) is 1. The average molecular weight is 383 g/mol. The Labute approximate surface area is 158 Å². The molecule has 1 rings (SSSR count). The van der Waals surface area contributed by atoms with E-state index >= 15 is 0 Å². The molecule has 4 unspecified atom stereocenters. The van der Waals surface area contributed by atoms with Gasteiger partial charge >= 0.3 is 5.97 Å². The molecule has 0 aromatic carbocycles. The molecule has 0 aromatic rings. The van der Waals surface area contributed by atoms with Gasteiger partial charge in [-0.05, 0) is 19.8 Å². The quantitative estimate of drug-likeness (QED) is 0.244. The normalized spacial score (nSPS) is 26.1. The summed E-state index contributed by atoms with van der Waals surface area (Å²) in [5.74, 6) is -1.03. The topological polar surface area (TPSA) is 153 Å². The number of hydrogen-bond donors (Lipinski definition) is 5. The van der Waals surface area contributed by atoms with E-state index in [0.29, 0.717) is 12.8 Å². The van der Waals surface area contributed by atoms with Gasteiger partial charge in [-0.15, -0.1) is 12.3 Å². The zero-order chi connectivity index (χ0) is 20.6. The Morgan fingerprint density at radius 1 is 1.30 bits per heavy atom. The predicted molar refractivity (Wildman–Crippen MR) is 97.2 cm³/mol. The summed E-state index contributed by atoms with van der Waals surface area (Å²) >= 11 is 0. The van der Waals surface area contributed by atoms with E-state index in [2.05, 4.69) is 11.2 Å². The van der Waals surface area contributed by atoms with Crippen LogP contribution in [0.3, 0.4) is 0 Å². The molecule has 1 aliphatic heterocycles. The van der Waals surface area contributed by atoms with Crippen molar-refractivity contribution in [2.75, 3.05) is 13.1 Å². The number of likely N-dealkylation sites (tertiary alicyclic amines) is 1. The second kappa shape index (κ2) is 10.9. The van der Waals surface area contributed by atoms with Crippen molar-refractivity contribution in [3.05, 3.63) is 0 Å². The number of nitrogens with one attached hydrogen (secondary N) is 1. The molecule has 0 bridgehead atoms. The summed E-state index contributed by atoms with van der Waals surface area (Å²) in [4.78, 5) is 37.3. The lowest BCUT2D eigenvalue weighted by molar-refractivity contribution is -0.168. The number of aliphatic hydroxyl groups is 2. The minimum absolute atomic E-state index is 0.165. The number of hydrogen-bond acceptors (Lipinski definition) is 6. The maximum atomic E-state index is 12.7. The van der Waals surface area contributed by atoms with Crippen LogP contribution in [0.5, 0.6) is 0 Å². The summed E-state index contributed by atoms with van der Waals surface area (Å²) in [5, 5.41) is 31.7. The van der Waals surface area contributed by atoms with Crippen LogP contribution in [0.15, 0.2) is 0 Å². The standard InChI is InChI=1S/C18H29N3O6/c1-3-4-5-6-7-8-14(23)20-12(9-19)17(25)21-10-13(22)16(24)15(11(21)2)18(26)27/h1,11-13,15-16,22,24H,4-10,19H2,2H3,(H,20,23)(H,26,27)/t11?,12?,13?,15?,16-/m0/s1. The van der Waals surface area contributed by atoms with Gasteiger partial charge in [-0.3, -0.25) is 14.4 Å². The Balaban J connectivity index is 2.69. The van der Waals surface area contributed by atoms with Crippen LogP contribution in [0, 0.1) is 18.3 Å². The summed E-state index contributed by atoms with van der Waals surface area (Å²) in [7, 11) is 0. The van der Waals surface area contributed by atoms with Crippen LogP contribution in [0.1, 0.15) is 39.0 Å². The third-order valence-electron chi connectivity index (χ3n) is 4.82. The Hall–Kier alpha value is -2.15. The van der Waals surface area contributed by atoms with Gasteiger partial charge in [-0.1, -0.05) is 6.42 Å². The van der Waals surface area contributed by atoms with Crippen molar-refractivity contribution >= 4 is 17.8 Å². The van der Waals surface area contributed by atoms with Crippen LogP contribution in [0.25, 0.3) is 0 Å². The number of unbranched alkanes of at least 4 members (excludes halogenated alkanes) is 3. The zero-order valence-electron chi connectivity index (χ0n) is 15.5. The fourth-order valence-electron chi connectivity index (χ4n) is 3.21. The molecule has 27 heavy (non-hydrogen) atoms. The van der Waals surface area contributed by atoms with E-state index in [1.54, 1.807) is 0 Å². The zero-order valence-corrected chi connectivity index (χ0v) is 15.5. The number of nitrogens with two attached hydrogens (primary N) is 1. The predicted octanol–water partition coefficient (Wildman–Crippen LogP) is -1.33. The highest BCUT2D eigenvalue weighted by molar-refractivity contribution is 5.88. The maximum absolute atomic E-state index is 12.7. The first kappa shape index (κ1) is 22.9. The lowest BCUT2D eigenvalue weighted by atomic mass is 9.85. The Kier molecular flexibility index (Phi) is 9.21. The van der Waals surface area contributed by atoms with Gasteiger partial charge in [0.05, 0.1) is 12.2 Å². The maximum Gasteiger partial charge on any atom is 0.311 e. The molecule has 152 valence electrons. The number of carbonyl (C=O) groups excluding carboxylic acids is 2. The molecule has 0 spiro atoms. The second-order valence-corrected chi connectivity index (χ2v) is 6.77. The van der Waals surface area contributed by atoms with Crippen molar-refractivity contribution in [2.45, 2.75) is 63.3 Å². The molecule has 0 aromatic heterocycles. The van der Waals surface area contributed by atoms with Crippen molar-refractivity contribution in [3.63, 3.8) is 0 Å². The van der Waals surface area contributed by atoms with E-state index in [0.717, 1.165) is 17.7 Å². The lowest BCUT2D eigenvalue weighted by Crippen LogP contribution is -2.64. The molecule has 9 nitrogen and oxygen atoms in total. The third kappa shape index (κ3) is 6.20. The average Bonchev–Trinajstić information content (AvgIpc) is 2.61. The van der Waals surface area contributed by atoms with Gasteiger partial charge in [0.15, 0.2) is 0 Å². The van der Waals surface area contributed by atoms with Gasteiger partial charge in [-0.25, -0.2) is 0 Å². The molecule has 5 atom stereocenters. The van der Waals surface area contributed by atoms with E-state index in [9.17, 15) is 29.7 Å². The number of aliphatic hydroxyl groups excluding tert-OH is 2. The number of terminal acetylenes is 1. The summed E-state index contributed by atoms with van der Waals surface area (Å²) in [6.07, 6.45) is 5.42. The molecule has 1 aliphatic rings. The van der Waals surface area contributed by atoms with Crippen LogP contribution >= 0.6 is 0 Å². The fraction of sp³-hybridized carbons (Fsp3) is 0.722. The number of rotatable bonds is 9. The van der Waals surface area contributed by atoms with Crippen LogP contribution < -0.4 is 11.1 Å². The minimum atomic E-state index is -1.48. The molecule has 1 heterocycles. The first-order chi connectivity index (χ1) is 12.7. The first-order valence-corrected chi connectivity index (χ1v) is 9.06. The smallest absolute Gasteiger partial charge is 0.311 e. The van der Waals surface area contributed by atoms with Gasteiger partial charge in [-0.2, -0.15) is 0 Å². The van der Waals surface area contributed by atoms with E-state index in [1.807, 2.05) is 0 Å². The lowest BCUT2D eigenvalue weighted by Gasteiger charge is -2.43. The number of piperidine rings is 1. The van der Waals surface area contributed by atoms with Gasteiger partial charge < -0.3 is 31.3 Å². The summed E-state index contributed by atoms with van der Waals surface area (Å²) in [5.41, 5.74) is 5.61. The van der Waals surface area contributed by atoms with Gasteiger partial charge in [0, 0.05) is 32.0 Å². The molecule has 0 saturated carbocycles. The van der Waals surface area contributed by atoms with Crippen molar-refractivity contribution in [3.8, 4) is 12.3 Å².